The monoisotopic (exact) mass is 550 g/mol. The first-order chi connectivity index (χ1) is 17.6. The quantitative estimate of drug-likeness (QED) is 0.198. The number of H-pyrrole nitrogens is 1. The predicted octanol–water partition coefficient (Wildman–Crippen LogP) is 2.18. The van der Waals surface area contributed by atoms with Gasteiger partial charge in [0.1, 0.15) is 24.0 Å². The number of aromatic nitrogens is 1. The Morgan fingerprint density at radius 1 is 1.03 bits per heavy atom. The average Bonchev–Trinajstić information content (AvgIpc) is 3.22. The summed E-state index contributed by atoms with van der Waals surface area (Å²) in [7, 11) is 0. The fraction of sp³-hybridized carbons (Fsp3) is 0.208. The number of para-hydroxylation sites is 1. The van der Waals surface area contributed by atoms with Crippen molar-refractivity contribution in [3.63, 3.8) is 0 Å². The molecule has 0 saturated carbocycles. The summed E-state index contributed by atoms with van der Waals surface area (Å²) in [4.78, 5) is 39.7. The number of amides is 1. The van der Waals surface area contributed by atoms with Crippen LogP contribution in [-0.4, -0.2) is 74.0 Å². The van der Waals surface area contributed by atoms with Crippen molar-refractivity contribution in [2.75, 3.05) is 5.32 Å². The second kappa shape index (κ2) is 10.9. The molecule has 6 N–H and O–H groups in total. The maximum absolute atomic E-state index is 13.1. The normalized spacial score (nSPS) is 23.8. The van der Waals surface area contributed by atoms with E-state index in [-0.39, 0.29) is 21.3 Å². The molecule has 4 rings (SSSR count). The van der Waals surface area contributed by atoms with E-state index in [0.29, 0.717) is 16.6 Å². The summed E-state index contributed by atoms with van der Waals surface area (Å²) in [6, 6.07) is 11.5. The van der Waals surface area contributed by atoms with Gasteiger partial charge in [-0.05, 0) is 30.3 Å². The predicted molar refractivity (Wildman–Crippen MR) is 132 cm³/mol. The molecule has 2 heterocycles. The van der Waals surface area contributed by atoms with Gasteiger partial charge in [0.15, 0.2) is 6.10 Å². The molecule has 1 aliphatic rings. The SMILES string of the molecule is O=C(/C=C/c1c(C(=O)OC2O[C@H](C(=O)O)[C@@H](O)[C@H](O)[C@H]2O)[nH]c2cc(Cl)cc(Cl)c12)Nc1ccccc1. The number of fused-ring (bicyclic) bond motifs is 1. The molecule has 0 bridgehead atoms. The number of aliphatic carboxylic acids is 1. The van der Waals surface area contributed by atoms with E-state index < -0.39 is 48.6 Å². The lowest BCUT2D eigenvalue weighted by Gasteiger charge is -2.37. The number of carbonyl (C=O) groups excluding carboxylic acids is 2. The first-order valence-electron chi connectivity index (χ1n) is 10.7. The maximum atomic E-state index is 13.1. The van der Waals surface area contributed by atoms with Gasteiger partial charge in [0.2, 0.25) is 12.2 Å². The zero-order chi connectivity index (χ0) is 26.9. The van der Waals surface area contributed by atoms with Crippen molar-refractivity contribution >= 4 is 63.7 Å². The van der Waals surface area contributed by atoms with Crippen LogP contribution in [0.4, 0.5) is 5.69 Å². The van der Waals surface area contributed by atoms with Crippen LogP contribution < -0.4 is 5.32 Å². The summed E-state index contributed by atoms with van der Waals surface area (Å²) in [6.45, 7) is 0. The standard InChI is InChI=1S/C24H20Cl2N2O9/c25-10-8-13(26)16-12(6-7-15(29)27-11-4-2-1-3-5-11)17(28-14(16)9-10)23(35)37-24-20(32)18(30)19(31)21(36-24)22(33)34/h1-9,18-21,24,28,30-32H,(H,27,29)(H,33,34)/b7-6+/t18-,19-,20+,21-,24?/m0/s1. The topological polar surface area (TPSA) is 178 Å². The van der Waals surface area contributed by atoms with Gasteiger partial charge in [-0.15, -0.1) is 0 Å². The van der Waals surface area contributed by atoms with Crippen molar-refractivity contribution in [3.05, 3.63) is 69.8 Å². The minimum atomic E-state index is -1.97. The van der Waals surface area contributed by atoms with Crippen LogP contribution in [-0.2, 0) is 19.1 Å². The van der Waals surface area contributed by atoms with E-state index >= 15 is 0 Å². The Morgan fingerprint density at radius 3 is 2.41 bits per heavy atom. The maximum Gasteiger partial charge on any atom is 0.357 e. The number of ether oxygens (including phenoxy) is 2. The number of aliphatic hydroxyl groups is 3. The van der Waals surface area contributed by atoms with Crippen LogP contribution in [0.15, 0.2) is 48.5 Å². The van der Waals surface area contributed by atoms with Gasteiger partial charge in [-0.2, -0.15) is 0 Å². The number of rotatable bonds is 6. The molecular formula is C24H20Cl2N2O9. The van der Waals surface area contributed by atoms with Crippen LogP contribution in [0.3, 0.4) is 0 Å². The summed E-state index contributed by atoms with van der Waals surface area (Å²) in [5.41, 5.74) is 0.756. The van der Waals surface area contributed by atoms with E-state index in [1.807, 2.05) is 0 Å². The highest BCUT2D eigenvalue weighted by molar-refractivity contribution is 6.39. The van der Waals surface area contributed by atoms with E-state index in [2.05, 4.69) is 10.3 Å². The second-order valence-corrected chi connectivity index (χ2v) is 8.90. The van der Waals surface area contributed by atoms with Gasteiger partial charge in [-0.1, -0.05) is 41.4 Å². The summed E-state index contributed by atoms with van der Waals surface area (Å²) >= 11 is 12.4. The van der Waals surface area contributed by atoms with Crippen LogP contribution >= 0.6 is 23.2 Å². The Morgan fingerprint density at radius 2 is 1.73 bits per heavy atom. The molecule has 194 valence electrons. The number of carbonyl (C=O) groups is 3. The van der Waals surface area contributed by atoms with Crippen molar-refractivity contribution < 1.29 is 44.3 Å². The molecule has 3 aromatic rings. The van der Waals surface area contributed by atoms with Gasteiger partial charge in [0.05, 0.1) is 5.02 Å². The number of hydrogen-bond acceptors (Lipinski definition) is 8. The number of esters is 1. The van der Waals surface area contributed by atoms with Gasteiger partial charge in [-0.25, -0.2) is 9.59 Å². The van der Waals surface area contributed by atoms with Crippen LogP contribution in [0.5, 0.6) is 0 Å². The van der Waals surface area contributed by atoms with Gasteiger partial charge in [-0.3, -0.25) is 4.79 Å². The van der Waals surface area contributed by atoms with E-state index in [0.717, 1.165) is 6.08 Å². The first kappa shape index (κ1) is 26.6. The number of nitrogens with one attached hydrogen (secondary N) is 2. The molecule has 37 heavy (non-hydrogen) atoms. The van der Waals surface area contributed by atoms with Crippen LogP contribution in [0.2, 0.25) is 10.0 Å². The van der Waals surface area contributed by atoms with Crippen molar-refractivity contribution in [2.24, 2.45) is 0 Å². The Kier molecular flexibility index (Phi) is 7.83. The molecule has 1 unspecified atom stereocenters. The van der Waals surface area contributed by atoms with Crippen molar-refractivity contribution in [1.29, 1.82) is 0 Å². The number of aromatic amines is 1. The lowest BCUT2D eigenvalue weighted by atomic mass is 9.99. The summed E-state index contributed by atoms with van der Waals surface area (Å²) in [5, 5.41) is 42.6. The highest BCUT2D eigenvalue weighted by Crippen LogP contribution is 2.34. The highest BCUT2D eigenvalue weighted by atomic mass is 35.5. The molecule has 13 heteroatoms. The zero-order valence-electron chi connectivity index (χ0n) is 18.7. The third-order valence-corrected chi connectivity index (χ3v) is 6.05. The lowest BCUT2D eigenvalue weighted by Crippen LogP contribution is -2.60. The van der Waals surface area contributed by atoms with Gasteiger partial charge in [0, 0.05) is 33.3 Å². The van der Waals surface area contributed by atoms with Crippen LogP contribution in [0, 0.1) is 0 Å². The Bertz CT molecular complexity index is 1380. The smallest absolute Gasteiger partial charge is 0.357 e. The van der Waals surface area contributed by atoms with Crippen molar-refractivity contribution in [2.45, 2.75) is 30.7 Å². The number of halogens is 2. The minimum Gasteiger partial charge on any atom is -0.479 e. The molecule has 1 aliphatic heterocycles. The minimum absolute atomic E-state index is 0.130. The van der Waals surface area contributed by atoms with Gasteiger partial charge < -0.3 is 40.2 Å². The summed E-state index contributed by atoms with van der Waals surface area (Å²) in [6.07, 6.45) is -7.31. The number of benzene rings is 2. The fourth-order valence-corrected chi connectivity index (χ4v) is 4.37. The van der Waals surface area contributed by atoms with E-state index in [9.17, 15) is 34.8 Å². The molecule has 0 spiro atoms. The molecule has 1 fully saturated rings. The molecule has 11 nitrogen and oxygen atoms in total. The molecule has 0 radical (unpaired) electrons. The van der Waals surface area contributed by atoms with Crippen LogP contribution in [0.1, 0.15) is 16.1 Å². The van der Waals surface area contributed by atoms with E-state index in [4.69, 9.17) is 32.7 Å². The molecule has 2 aromatic carbocycles. The molecule has 5 atom stereocenters. The van der Waals surface area contributed by atoms with Gasteiger partial charge >= 0.3 is 11.9 Å². The first-order valence-corrected chi connectivity index (χ1v) is 11.5. The zero-order valence-corrected chi connectivity index (χ0v) is 20.2. The molecule has 1 saturated heterocycles. The fourth-order valence-electron chi connectivity index (χ4n) is 3.78. The van der Waals surface area contributed by atoms with Crippen LogP contribution in [0.25, 0.3) is 17.0 Å². The number of hydrogen-bond donors (Lipinski definition) is 6. The highest BCUT2D eigenvalue weighted by Gasteiger charge is 2.48. The summed E-state index contributed by atoms with van der Waals surface area (Å²) < 4.78 is 10.2. The third kappa shape index (κ3) is 5.62. The average molecular weight is 551 g/mol. The number of aliphatic hydroxyl groups excluding tert-OH is 3. The van der Waals surface area contributed by atoms with Crippen molar-refractivity contribution in [1.82, 2.24) is 4.98 Å². The molecule has 1 amide bonds. The molecule has 0 aliphatic carbocycles. The number of carboxylic acids is 1. The largest absolute Gasteiger partial charge is 0.479 e. The Balaban J connectivity index is 1.66. The Hall–Kier alpha value is -3.45. The lowest BCUT2D eigenvalue weighted by molar-refractivity contribution is -0.278. The number of carboxylic acid groups (broad SMARTS) is 1. The van der Waals surface area contributed by atoms with Gasteiger partial charge in [0.25, 0.3) is 0 Å². The second-order valence-electron chi connectivity index (χ2n) is 8.05. The molecular weight excluding hydrogens is 531 g/mol. The third-order valence-electron chi connectivity index (χ3n) is 5.54. The molecule has 1 aromatic heterocycles. The van der Waals surface area contributed by atoms with E-state index in [1.54, 1.807) is 30.3 Å². The Labute approximate surface area is 218 Å². The van der Waals surface area contributed by atoms with Crippen molar-refractivity contribution in [3.8, 4) is 0 Å². The number of anilines is 1. The summed E-state index contributed by atoms with van der Waals surface area (Å²) in [5.74, 6) is -3.29. The van der Waals surface area contributed by atoms with E-state index in [1.165, 1.54) is 18.2 Å².